The van der Waals surface area contributed by atoms with Crippen molar-refractivity contribution in [2.75, 3.05) is 5.43 Å². The maximum Gasteiger partial charge on any atom is 0.156 e. The monoisotopic (exact) mass is 245 g/mol. The largest absolute Gasteiger partial charge is 0.277 e. The Morgan fingerprint density at radius 3 is 2.41 bits per heavy atom. The Morgan fingerprint density at radius 1 is 1.12 bits per heavy atom. The summed E-state index contributed by atoms with van der Waals surface area (Å²) in [5.41, 5.74) is 5.85. The van der Waals surface area contributed by atoms with Gasteiger partial charge in [-0.15, -0.1) is 0 Å². The van der Waals surface area contributed by atoms with Gasteiger partial charge < -0.3 is 0 Å². The van der Waals surface area contributed by atoms with Gasteiger partial charge in [0.15, 0.2) is 5.17 Å². The molecule has 1 heterocycles. The van der Waals surface area contributed by atoms with Gasteiger partial charge in [-0.05, 0) is 31.2 Å². The molecule has 0 amide bonds. The van der Waals surface area contributed by atoms with Crippen molar-refractivity contribution in [3.63, 3.8) is 0 Å². The predicted molar refractivity (Wildman–Crippen MR) is 71.4 cm³/mol. The lowest BCUT2D eigenvalue weighted by molar-refractivity contribution is 1.30. The highest BCUT2D eigenvalue weighted by atomic mass is 35.5. The number of halogens is 1. The highest BCUT2D eigenvalue weighted by molar-refractivity contribution is 6.69. The molecule has 17 heavy (non-hydrogen) atoms. The van der Waals surface area contributed by atoms with E-state index in [9.17, 15) is 0 Å². The average molecular weight is 246 g/mol. The number of pyridine rings is 1. The zero-order chi connectivity index (χ0) is 12.1. The third-order valence-corrected chi connectivity index (χ3v) is 2.56. The van der Waals surface area contributed by atoms with Crippen molar-refractivity contribution in [2.24, 2.45) is 5.10 Å². The quantitative estimate of drug-likeness (QED) is 0.665. The van der Waals surface area contributed by atoms with Gasteiger partial charge in [0.1, 0.15) is 0 Å². The van der Waals surface area contributed by atoms with Crippen LogP contribution >= 0.6 is 11.6 Å². The van der Waals surface area contributed by atoms with E-state index in [1.54, 1.807) is 12.4 Å². The molecule has 1 N–H and O–H groups in total. The van der Waals surface area contributed by atoms with E-state index >= 15 is 0 Å². The summed E-state index contributed by atoms with van der Waals surface area (Å²) >= 11 is 6.05. The highest BCUT2D eigenvalue weighted by Gasteiger charge is 1.98. The number of aromatic nitrogens is 1. The summed E-state index contributed by atoms with van der Waals surface area (Å²) in [5, 5.41) is 4.51. The van der Waals surface area contributed by atoms with Crippen molar-refractivity contribution in [1.82, 2.24) is 4.98 Å². The van der Waals surface area contributed by atoms with Gasteiger partial charge in [-0.25, -0.2) is 0 Å². The molecule has 0 saturated carbocycles. The van der Waals surface area contributed by atoms with Crippen molar-refractivity contribution < 1.29 is 0 Å². The van der Waals surface area contributed by atoms with E-state index in [1.165, 1.54) is 5.56 Å². The van der Waals surface area contributed by atoms with E-state index in [-0.39, 0.29) is 0 Å². The SMILES string of the molecule is Cc1ccc(N/N=C(/Cl)c2ccncc2)cc1. The molecule has 0 aliphatic rings. The second-order valence-corrected chi connectivity index (χ2v) is 3.97. The van der Waals surface area contributed by atoms with Crippen LogP contribution < -0.4 is 5.43 Å². The van der Waals surface area contributed by atoms with Crippen LogP contribution in [0.3, 0.4) is 0 Å². The van der Waals surface area contributed by atoms with Crippen molar-refractivity contribution in [2.45, 2.75) is 6.92 Å². The Morgan fingerprint density at radius 2 is 1.76 bits per heavy atom. The molecule has 0 spiro atoms. The fraction of sp³-hybridized carbons (Fsp3) is 0.0769. The number of rotatable bonds is 3. The Balaban J connectivity index is 2.08. The number of aryl methyl sites for hydroxylation is 1. The minimum atomic E-state index is 0.410. The third kappa shape index (κ3) is 3.29. The fourth-order valence-corrected chi connectivity index (χ4v) is 1.46. The van der Waals surface area contributed by atoms with Gasteiger partial charge in [-0.3, -0.25) is 10.4 Å². The molecule has 0 unspecified atom stereocenters. The second-order valence-electron chi connectivity index (χ2n) is 3.62. The minimum Gasteiger partial charge on any atom is -0.277 e. The Kier molecular flexibility index (Phi) is 3.73. The van der Waals surface area contributed by atoms with Gasteiger partial charge >= 0.3 is 0 Å². The van der Waals surface area contributed by atoms with Crippen LogP contribution in [0.5, 0.6) is 0 Å². The molecule has 2 aromatic rings. The van der Waals surface area contributed by atoms with Crippen LogP contribution in [-0.2, 0) is 0 Å². The van der Waals surface area contributed by atoms with E-state index in [0.29, 0.717) is 5.17 Å². The first kappa shape index (κ1) is 11.6. The number of hydrazone groups is 1. The van der Waals surface area contributed by atoms with Crippen molar-refractivity contribution >= 4 is 22.5 Å². The molecule has 86 valence electrons. The number of hydrogen-bond donors (Lipinski definition) is 1. The van der Waals surface area contributed by atoms with Crippen LogP contribution in [0.15, 0.2) is 53.9 Å². The predicted octanol–water partition coefficient (Wildman–Crippen LogP) is 3.40. The molecule has 1 aromatic carbocycles. The maximum absolute atomic E-state index is 6.05. The molecule has 0 saturated heterocycles. The maximum atomic E-state index is 6.05. The molecule has 0 radical (unpaired) electrons. The summed E-state index contributed by atoms with van der Waals surface area (Å²) in [5.74, 6) is 0. The van der Waals surface area contributed by atoms with Crippen LogP contribution in [0, 0.1) is 6.92 Å². The lowest BCUT2D eigenvalue weighted by Gasteiger charge is -2.02. The van der Waals surface area contributed by atoms with Gasteiger partial charge in [0, 0.05) is 18.0 Å². The minimum absolute atomic E-state index is 0.410. The zero-order valence-electron chi connectivity index (χ0n) is 9.39. The van der Waals surface area contributed by atoms with Gasteiger partial charge in [-0.2, -0.15) is 5.10 Å². The van der Waals surface area contributed by atoms with Crippen LogP contribution in [0.4, 0.5) is 5.69 Å². The fourth-order valence-electron chi connectivity index (χ4n) is 1.30. The number of benzene rings is 1. The Bertz CT molecular complexity index is 506. The first-order valence-corrected chi connectivity index (χ1v) is 5.60. The van der Waals surface area contributed by atoms with Gasteiger partial charge in [-0.1, -0.05) is 29.3 Å². The van der Waals surface area contributed by atoms with Crippen LogP contribution in [0.25, 0.3) is 0 Å². The summed E-state index contributed by atoms with van der Waals surface area (Å²) in [6.07, 6.45) is 3.36. The van der Waals surface area contributed by atoms with Gasteiger partial charge in [0.2, 0.25) is 0 Å². The lowest BCUT2D eigenvalue weighted by atomic mass is 10.2. The molecule has 1 aromatic heterocycles. The second kappa shape index (κ2) is 5.46. The van der Waals surface area contributed by atoms with Crippen molar-refractivity contribution in [3.8, 4) is 0 Å². The van der Waals surface area contributed by atoms with Crippen LogP contribution in [0.2, 0.25) is 0 Å². The van der Waals surface area contributed by atoms with Crippen molar-refractivity contribution in [3.05, 3.63) is 59.9 Å². The normalized spacial score (nSPS) is 11.3. The van der Waals surface area contributed by atoms with E-state index in [2.05, 4.69) is 15.5 Å². The highest BCUT2D eigenvalue weighted by Crippen LogP contribution is 2.10. The molecule has 3 nitrogen and oxygen atoms in total. The summed E-state index contributed by atoms with van der Waals surface area (Å²) in [4.78, 5) is 3.92. The number of anilines is 1. The van der Waals surface area contributed by atoms with E-state index in [1.807, 2.05) is 43.3 Å². The third-order valence-electron chi connectivity index (χ3n) is 2.25. The molecule has 0 atom stereocenters. The van der Waals surface area contributed by atoms with Gasteiger partial charge in [0.25, 0.3) is 0 Å². The molecule has 2 rings (SSSR count). The number of nitrogens with one attached hydrogen (secondary N) is 1. The average Bonchev–Trinajstić information content (AvgIpc) is 2.39. The summed E-state index contributed by atoms with van der Waals surface area (Å²) in [7, 11) is 0. The standard InChI is InChI=1S/C13H12ClN3/c1-10-2-4-12(5-3-10)16-17-13(14)11-6-8-15-9-7-11/h2-9,16H,1H3/b17-13+. The summed E-state index contributed by atoms with van der Waals surface area (Å²) < 4.78 is 0. The first-order valence-electron chi connectivity index (χ1n) is 5.22. The zero-order valence-corrected chi connectivity index (χ0v) is 10.1. The molecule has 0 aliphatic heterocycles. The smallest absolute Gasteiger partial charge is 0.156 e. The number of nitrogens with zero attached hydrogens (tertiary/aromatic N) is 2. The van der Waals surface area contributed by atoms with Crippen molar-refractivity contribution in [1.29, 1.82) is 0 Å². The summed E-state index contributed by atoms with van der Waals surface area (Å²) in [6.45, 7) is 2.04. The Labute approximate surface area is 105 Å². The Hall–Kier alpha value is -1.87. The van der Waals surface area contributed by atoms with E-state index < -0.39 is 0 Å². The molecule has 0 bridgehead atoms. The van der Waals surface area contributed by atoms with Crippen LogP contribution in [0.1, 0.15) is 11.1 Å². The van der Waals surface area contributed by atoms with Gasteiger partial charge in [0.05, 0.1) is 5.69 Å². The topological polar surface area (TPSA) is 37.3 Å². The lowest BCUT2D eigenvalue weighted by Crippen LogP contribution is -1.97. The molecule has 0 aliphatic carbocycles. The van der Waals surface area contributed by atoms with E-state index in [4.69, 9.17) is 11.6 Å². The number of hydrogen-bond acceptors (Lipinski definition) is 3. The molecule has 4 heteroatoms. The molecular weight excluding hydrogens is 234 g/mol. The first-order chi connectivity index (χ1) is 8.25. The molecule has 0 fully saturated rings. The van der Waals surface area contributed by atoms with E-state index in [0.717, 1.165) is 11.3 Å². The molecular formula is C13H12ClN3. The van der Waals surface area contributed by atoms with Crippen LogP contribution in [-0.4, -0.2) is 10.2 Å². The summed E-state index contributed by atoms with van der Waals surface area (Å²) in [6, 6.07) is 11.5.